The molecule has 106 valence electrons. The molecular formula is C11H27O5Ti-. The van der Waals surface area contributed by atoms with Gasteiger partial charge in [0.15, 0.2) is 0 Å². The Labute approximate surface area is 120 Å². The molecule has 1 unspecified atom stereocenters. The summed E-state index contributed by atoms with van der Waals surface area (Å²) in [6.45, 7) is 11.5. The van der Waals surface area contributed by atoms with E-state index in [4.69, 9.17) is 24.8 Å². The van der Waals surface area contributed by atoms with Gasteiger partial charge in [0.1, 0.15) is 6.10 Å². The molecule has 5 nitrogen and oxygen atoms in total. The summed E-state index contributed by atoms with van der Waals surface area (Å²) in [4.78, 5) is 0. The van der Waals surface area contributed by atoms with Crippen molar-refractivity contribution in [2.75, 3.05) is 39.6 Å². The van der Waals surface area contributed by atoms with Crippen LogP contribution in [0.15, 0.2) is 0 Å². The van der Waals surface area contributed by atoms with Crippen LogP contribution in [0.1, 0.15) is 20.8 Å². The summed E-state index contributed by atoms with van der Waals surface area (Å²) in [5.74, 6) is 0. The fourth-order valence-electron chi connectivity index (χ4n) is 0.379. The van der Waals surface area contributed by atoms with Gasteiger partial charge in [-0.25, -0.2) is 0 Å². The van der Waals surface area contributed by atoms with E-state index < -0.39 is 0 Å². The molecule has 0 amide bonds. The quantitative estimate of drug-likeness (QED) is 0.393. The van der Waals surface area contributed by atoms with Crippen LogP contribution < -0.4 is 0 Å². The van der Waals surface area contributed by atoms with Gasteiger partial charge in [0, 0.05) is 41.5 Å². The third-order valence-electron chi connectivity index (χ3n) is 0.850. The number of aliphatic hydroxyl groups excluding tert-OH is 3. The SMILES string of the molecule is CCO.CCO.CCO.[CH2-]COCC1CO1.[Ti]. The second-order valence-corrected chi connectivity index (χ2v) is 2.48. The van der Waals surface area contributed by atoms with Crippen LogP contribution >= 0.6 is 0 Å². The predicted molar refractivity (Wildman–Crippen MR) is 64.2 cm³/mol. The van der Waals surface area contributed by atoms with E-state index in [1.807, 2.05) is 0 Å². The first-order valence-corrected chi connectivity index (χ1v) is 5.49. The minimum Gasteiger partial charge on any atom is -0.411 e. The molecule has 1 fully saturated rings. The molecule has 0 aromatic rings. The van der Waals surface area contributed by atoms with Crippen molar-refractivity contribution in [3.63, 3.8) is 0 Å². The van der Waals surface area contributed by atoms with Crippen molar-refractivity contribution < 1.29 is 46.5 Å². The van der Waals surface area contributed by atoms with Crippen molar-refractivity contribution in [1.29, 1.82) is 0 Å². The van der Waals surface area contributed by atoms with Crippen LogP contribution in [0, 0.1) is 6.92 Å². The normalized spacial score (nSPS) is 14.6. The van der Waals surface area contributed by atoms with E-state index in [9.17, 15) is 0 Å². The van der Waals surface area contributed by atoms with Crippen LogP contribution in [0.25, 0.3) is 0 Å². The van der Waals surface area contributed by atoms with Gasteiger partial charge in [-0.15, -0.1) is 0 Å². The van der Waals surface area contributed by atoms with Gasteiger partial charge in [-0.3, -0.25) is 0 Å². The third kappa shape index (κ3) is 61.6. The van der Waals surface area contributed by atoms with Crippen LogP contribution in [-0.2, 0) is 31.2 Å². The zero-order valence-electron chi connectivity index (χ0n) is 11.2. The number of rotatable bonds is 3. The molecule has 6 heteroatoms. The summed E-state index contributed by atoms with van der Waals surface area (Å²) in [6, 6.07) is 0. The van der Waals surface area contributed by atoms with E-state index in [0.717, 1.165) is 13.2 Å². The van der Waals surface area contributed by atoms with E-state index in [0.29, 0.717) is 12.7 Å². The molecule has 1 rings (SSSR count). The van der Waals surface area contributed by atoms with Crippen molar-refractivity contribution in [2.24, 2.45) is 0 Å². The molecule has 1 atom stereocenters. The van der Waals surface area contributed by atoms with E-state index in [1.165, 1.54) is 0 Å². The van der Waals surface area contributed by atoms with Gasteiger partial charge in [0.05, 0.1) is 13.2 Å². The Morgan fingerprint density at radius 1 is 1.12 bits per heavy atom. The first kappa shape index (κ1) is 26.2. The van der Waals surface area contributed by atoms with Gasteiger partial charge < -0.3 is 31.7 Å². The van der Waals surface area contributed by atoms with Crippen molar-refractivity contribution in [3.8, 4) is 0 Å². The van der Waals surface area contributed by atoms with Crippen molar-refractivity contribution in [3.05, 3.63) is 6.92 Å². The molecule has 1 aliphatic heterocycles. The fourth-order valence-corrected chi connectivity index (χ4v) is 0.379. The van der Waals surface area contributed by atoms with Crippen molar-refractivity contribution in [2.45, 2.75) is 26.9 Å². The molecule has 0 saturated carbocycles. The van der Waals surface area contributed by atoms with Gasteiger partial charge in [-0.05, 0) is 20.8 Å². The summed E-state index contributed by atoms with van der Waals surface area (Å²) in [5.41, 5.74) is 0. The van der Waals surface area contributed by atoms with Crippen LogP contribution in [0.4, 0.5) is 0 Å². The molecule has 0 aromatic heterocycles. The third-order valence-corrected chi connectivity index (χ3v) is 0.850. The number of ether oxygens (including phenoxy) is 2. The van der Waals surface area contributed by atoms with Crippen molar-refractivity contribution in [1.82, 2.24) is 0 Å². The Kier molecular flexibility index (Phi) is 46.1. The maximum atomic E-state index is 7.57. The monoisotopic (exact) mass is 287 g/mol. The second kappa shape index (κ2) is 30.0. The van der Waals surface area contributed by atoms with Crippen LogP contribution in [0.3, 0.4) is 0 Å². The van der Waals surface area contributed by atoms with Crippen molar-refractivity contribution >= 4 is 0 Å². The van der Waals surface area contributed by atoms with Gasteiger partial charge >= 0.3 is 0 Å². The minimum atomic E-state index is 0. The molecule has 0 spiro atoms. The van der Waals surface area contributed by atoms with Gasteiger partial charge in [0.2, 0.25) is 0 Å². The first-order chi connectivity index (χ1) is 7.67. The molecule has 17 heavy (non-hydrogen) atoms. The zero-order chi connectivity index (χ0) is 13.2. The largest absolute Gasteiger partial charge is 0.411 e. The topological polar surface area (TPSA) is 82.5 Å². The average molecular weight is 287 g/mol. The number of epoxide rings is 1. The van der Waals surface area contributed by atoms with E-state index in [-0.39, 0.29) is 41.5 Å². The van der Waals surface area contributed by atoms with Crippen LogP contribution in [0.5, 0.6) is 0 Å². The number of aliphatic hydroxyl groups is 3. The number of hydrogen-bond acceptors (Lipinski definition) is 5. The second-order valence-electron chi connectivity index (χ2n) is 2.48. The van der Waals surface area contributed by atoms with Gasteiger partial charge in [-0.1, -0.05) is 6.61 Å². The Morgan fingerprint density at radius 3 is 1.59 bits per heavy atom. The Hall–Kier alpha value is 0.514. The van der Waals surface area contributed by atoms with E-state index >= 15 is 0 Å². The fraction of sp³-hybridized carbons (Fsp3) is 0.909. The predicted octanol–water partition coefficient (Wildman–Crippen LogP) is 0.229. The average Bonchev–Trinajstić information content (AvgIpc) is 3.02. The molecule has 0 aromatic carbocycles. The van der Waals surface area contributed by atoms with Crippen LogP contribution in [-0.4, -0.2) is 61.1 Å². The van der Waals surface area contributed by atoms with E-state index in [1.54, 1.807) is 20.8 Å². The molecule has 0 radical (unpaired) electrons. The molecule has 0 aliphatic carbocycles. The first-order valence-electron chi connectivity index (χ1n) is 5.49. The smallest absolute Gasteiger partial charge is 0.104 e. The zero-order valence-corrected chi connectivity index (χ0v) is 12.7. The summed E-state index contributed by atoms with van der Waals surface area (Å²) in [7, 11) is 0. The van der Waals surface area contributed by atoms with Crippen LogP contribution in [0.2, 0.25) is 0 Å². The summed E-state index contributed by atoms with van der Waals surface area (Å²) < 4.78 is 9.78. The summed E-state index contributed by atoms with van der Waals surface area (Å²) >= 11 is 0. The van der Waals surface area contributed by atoms with E-state index in [2.05, 4.69) is 6.92 Å². The maximum absolute atomic E-state index is 7.57. The standard InChI is InChI=1S/C5H9O2.3C2H6O.Ti/c1-2-6-3-5-4-7-5;3*1-2-3;/h5H,1-4H2;3*3H,2H2,1H3;/q-1;;;;. The molecule has 0 bridgehead atoms. The van der Waals surface area contributed by atoms with Gasteiger partial charge in [0.25, 0.3) is 0 Å². The maximum Gasteiger partial charge on any atom is 0.104 e. The van der Waals surface area contributed by atoms with Gasteiger partial charge in [-0.2, -0.15) is 0 Å². The molecule has 1 saturated heterocycles. The molecular weight excluding hydrogens is 260 g/mol. The Morgan fingerprint density at radius 2 is 1.41 bits per heavy atom. The minimum absolute atomic E-state index is 0. The Balaban J connectivity index is -0.0000000734. The molecule has 3 N–H and O–H groups in total. The number of hydrogen-bond donors (Lipinski definition) is 3. The summed E-state index contributed by atoms with van der Waals surface area (Å²) in [5, 5.41) is 22.7. The molecule has 1 aliphatic rings. The Bertz CT molecular complexity index is 87.2. The summed E-state index contributed by atoms with van der Waals surface area (Å²) in [6.07, 6.45) is 0.391. The molecule has 1 heterocycles.